The number of H-pyrrole nitrogens is 1. The highest BCUT2D eigenvalue weighted by Crippen LogP contribution is 2.33. The third kappa shape index (κ3) is 2.82. The predicted molar refractivity (Wildman–Crippen MR) is 105 cm³/mol. The Bertz CT molecular complexity index is 1080. The first-order chi connectivity index (χ1) is 12.8. The smallest absolute Gasteiger partial charge is 0.199 e. The Balaban J connectivity index is 2.01. The summed E-state index contributed by atoms with van der Waals surface area (Å²) >= 11 is 0. The molecule has 4 nitrogen and oxygen atoms in total. The van der Waals surface area contributed by atoms with Crippen molar-refractivity contribution in [2.24, 2.45) is 4.99 Å². The summed E-state index contributed by atoms with van der Waals surface area (Å²) in [6.45, 7) is 0. The summed E-state index contributed by atoms with van der Waals surface area (Å²) in [6.07, 6.45) is 0. The molecule has 26 heavy (non-hydrogen) atoms. The minimum absolute atomic E-state index is 0.101. The van der Waals surface area contributed by atoms with E-state index in [1.54, 1.807) is 7.11 Å². The number of nitrogens with zero attached hydrogens (tertiary/aromatic N) is 1. The number of methoxy groups -OCH3 is 1. The van der Waals surface area contributed by atoms with E-state index >= 15 is 0 Å². The fourth-order valence-electron chi connectivity index (χ4n) is 3.07. The van der Waals surface area contributed by atoms with Gasteiger partial charge in [-0.3, -0.25) is 0 Å². The van der Waals surface area contributed by atoms with Gasteiger partial charge in [0.05, 0.1) is 18.4 Å². The van der Waals surface area contributed by atoms with Crippen LogP contribution in [0.4, 0.5) is 5.69 Å². The minimum Gasteiger partial charge on any atom is -0.494 e. The fraction of sp³-hybridized carbons (Fsp3) is 0.0455. The zero-order chi connectivity index (χ0) is 17.9. The van der Waals surface area contributed by atoms with E-state index in [-0.39, 0.29) is 5.88 Å². The molecule has 0 aliphatic rings. The van der Waals surface area contributed by atoms with Crippen LogP contribution in [0.5, 0.6) is 11.6 Å². The van der Waals surface area contributed by atoms with Gasteiger partial charge in [0.1, 0.15) is 11.4 Å². The highest BCUT2D eigenvalue weighted by atomic mass is 16.5. The van der Waals surface area contributed by atoms with Gasteiger partial charge in [0.2, 0.25) is 0 Å². The number of aromatic amines is 1. The molecule has 0 bridgehead atoms. The van der Waals surface area contributed by atoms with Crippen LogP contribution in [0.2, 0.25) is 0 Å². The topological polar surface area (TPSA) is 57.6 Å². The number of aromatic nitrogens is 1. The number of para-hydroxylation sites is 3. The number of nitrogens with one attached hydrogen (secondary N) is 1. The van der Waals surface area contributed by atoms with Crippen LogP contribution in [0.1, 0.15) is 11.1 Å². The van der Waals surface area contributed by atoms with Gasteiger partial charge in [-0.15, -0.1) is 0 Å². The average molecular weight is 342 g/mol. The number of aromatic hydroxyl groups is 1. The molecule has 0 amide bonds. The number of hydrogen-bond donors (Lipinski definition) is 2. The van der Waals surface area contributed by atoms with Crippen molar-refractivity contribution in [1.29, 1.82) is 0 Å². The van der Waals surface area contributed by atoms with Crippen LogP contribution in [0.25, 0.3) is 10.9 Å². The van der Waals surface area contributed by atoms with Gasteiger partial charge in [-0.25, -0.2) is 4.99 Å². The van der Waals surface area contributed by atoms with E-state index in [1.165, 1.54) is 0 Å². The molecule has 1 aromatic heterocycles. The van der Waals surface area contributed by atoms with Gasteiger partial charge >= 0.3 is 0 Å². The van der Waals surface area contributed by atoms with Gasteiger partial charge in [0.25, 0.3) is 0 Å². The van der Waals surface area contributed by atoms with E-state index in [1.807, 2.05) is 78.9 Å². The van der Waals surface area contributed by atoms with Crippen LogP contribution in [0.15, 0.2) is 83.9 Å². The molecule has 0 spiro atoms. The van der Waals surface area contributed by atoms with Gasteiger partial charge < -0.3 is 14.8 Å². The molecular formula is C22H18N2O2. The normalized spacial score (nSPS) is 11.7. The lowest BCUT2D eigenvalue weighted by Crippen LogP contribution is -2.03. The molecule has 0 aliphatic carbocycles. The summed E-state index contributed by atoms with van der Waals surface area (Å²) in [5.41, 5.74) is 3.85. The van der Waals surface area contributed by atoms with Crippen molar-refractivity contribution in [2.45, 2.75) is 0 Å². The van der Waals surface area contributed by atoms with Crippen molar-refractivity contribution in [3.05, 3.63) is 90.0 Å². The van der Waals surface area contributed by atoms with E-state index in [4.69, 9.17) is 9.73 Å². The monoisotopic (exact) mass is 342 g/mol. The zero-order valence-corrected chi connectivity index (χ0v) is 14.3. The first kappa shape index (κ1) is 16.0. The van der Waals surface area contributed by atoms with E-state index in [2.05, 4.69) is 4.98 Å². The lowest BCUT2D eigenvalue weighted by Gasteiger charge is -2.09. The van der Waals surface area contributed by atoms with Crippen molar-refractivity contribution in [3.8, 4) is 11.6 Å². The molecule has 4 aromatic rings. The standard InChI is InChI=1S/C22H18N2O2/c1-26-19-14-8-7-13-18(19)23-21(15-9-3-2-4-10-15)20-16-11-5-6-12-17(16)24-22(20)25/h2-14,24-25H,1H3. The second kappa shape index (κ2) is 6.76. The summed E-state index contributed by atoms with van der Waals surface area (Å²) in [6, 6.07) is 25.2. The molecule has 2 N–H and O–H groups in total. The van der Waals surface area contributed by atoms with E-state index in [9.17, 15) is 5.11 Å². The van der Waals surface area contributed by atoms with Crippen molar-refractivity contribution >= 4 is 22.3 Å². The number of ether oxygens (including phenoxy) is 1. The molecule has 0 saturated heterocycles. The van der Waals surface area contributed by atoms with Crippen molar-refractivity contribution < 1.29 is 9.84 Å². The highest BCUT2D eigenvalue weighted by molar-refractivity contribution is 6.21. The maximum Gasteiger partial charge on any atom is 0.199 e. The molecule has 1 heterocycles. The Morgan fingerprint density at radius 3 is 2.38 bits per heavy atom. The number of fused-ring (bicyclic) bond motifs is 1. The lowest BCUT2D eigenvalue weighted by molar-refractivity contribution is 0.416. The van der Waals surface area contributed by atoms with Crippen LogP contribution in [0.3, 0.4) is 0 Å². The first-order valence-corrected chi connectivity index (χ1v) is 8.35. The zero-order valence-electron chi connectivity index (χ0n) is 14.3. The maximum atomic E-state index is 10.6. The summed E-state index contributed by atoms with van der Waals surface area (Å²) < 4.78 is 5.44. The SMILES string of the molecule is COc1ccccc1N=C(c1ccccc1)c1c(O)[nH]c2ccccc12. The second-order valence-electron chi connectivity index (χ2n) is 5.89. The molecule has 0 atom stereocenters. The maximum absolute atomic E-state index is 10.6. The molecule has 0 unspecified atom stereocenters. The third-order valence-corrected chi connectivity index (χ3v) is 4.29. The number of benzene rings is 3. The Hall–Kier alpha value is -3.53. The van der Waals surface area contributed by atoms with Crippen LogP contribution < -0.4 is 4.74 Å². The highest BCUT2D eigenvalue weighted by Gasteiger charge is 2.18. The average Bonchev–Trinajstić information content (AvgIpc) is 3.02. The van der Waals surface area contributed by atoms with Gasteiger partial charge in [0, 0.05) is 16.5 Å². The van der Waals surface area contributed by atoms with Crippen molar-refractivity contribution in [1.82, 2.24) is 4.98 Å². The quantitative estimate of drug-likeness (QED) is 0.510. The summed E-state index contributed by atoms with van der Waals surface area (Å²) in [7, 11) is 1.62. The summed E-state index contributed by atoms with van der Waals surface area (Å²) in [5.74, 6) is 0.781. The third-order valence-electron chi connectivity index (χ3n) is 4.29. The number of rotatable bonds is 4. The molecule has 128 valence electrons. The van der Waals surface area contributed by atoms with Crippen molar-refractivity contribution in [3.63, 3.8) is 0 Å². The molecule has 0 saturated carbocycles. The second-order valence-corrected chi connectivity index (χ2v) is 5.89. The molecule has 3 aromatic carbocycles. The first-order valence-electron chi connectivity index (χ1n) is 8.35. The van der Waals surface area contributed by atoms with Gasteiger partial charge in [-0.1, -0.05) is 60.7 Å². The Labute approximate surface area is 151 Å². The Morgan fingerprint density at radius 2 is 1.58 bits per heavy atom. The van der Waals surface area contributed by atoms with Crippen LogP contribution in [-0.4, -0.2) is 22.9 Å². The summed E-state index contributed by atoms with van der Waals surface area (Å²) in [4.78, 5) is 7.90. The Morgan fingerprint density at radius 1 is 0.885 bits per heavy atom. The van der Waals surface area contributed by atoms with Gasteiger partial charge in [-0.2, -0.15) is 0 Å². The van der Waals surface area contributed by atoms with Crippen LogP contribution in [-0.2, 0) is 0 Å². The van der Waals surface area contributed by atoms with Crippen molar-refractivity contribution in [2.75, 3.05) is 7.11 Å². The summed E-state index contributed by atoms with van der Waals surface area (Å²) in [5, 5.41) is 11.5. The number of hydrogen-bond acceptors (Lipinski definition) is 3. The predicted octanol–water partition coefficient (Wildman–Crippen LogP) is 5.05. The molecule has 0 fully saturated rings. The molecular weight excluding hydrogens is 324 g/mol. The van der Waals surface area contributed by atoms with E-state index < -0.39 is 0 Å². The fourth-order valence-corrected chi connectivity index (χ4v) is 3.07. The van der Waals surface area contributed by atoms with Crippen LogP contribution in [0, 0.1) is 0 Å². The molecule has 4 rings (SSSR count). The Kier molecular flexibility index (Phi) is 4.15. The van der Waals surface area contributed by atoms with E-state index in [0.717, 1.165) is 16.5 Å². The minimum atomic E-state index is 0.101. The van der Waals surface area contributed by atoms with E-state index in [0.29, 0.717) is 22.7 Å². The molecule has 4 heteroatoms. The van der Waals surface area contributed by atoms with Gasteiger partial charge in [0.15, 0.2) is 5.88 Å². The lowest BCUT2D eigenvalue weighted by atomic mass is 10.0. The van der Waals surface area contributed by atoms with Gasteiger partial charge in [-0.05, 0) is 18.2 Å². The largest absolute Gasteiger partial charge is 0.494 e. The molecule has 0 radical (unpaired) electrons. The number of aliphatic imine (C=N–C) groups is 1. The van der Waals surface area contributed by atoms with Crippen LogP contribution >= 0.6 is 0 Å². The molecule has 0 aliphatic heterocycles.